The molecule has 0 amide bonds. The van der Waals surface area contributed by atoms with E-state index >= 15 is 0 Å². The summed E-state index contributed by atoms with van der Waals surface area (Å²) in [4.78, 5) is 0. The van der Waals surface area contributed by atoms with E-state index in [1.165, 1.54) is 5.56 Å². The zero-order valence-corrected chi connectivity index (χ0v) is 10.9. The first-order valence-corrected chi connectivity index (χ1v) is 11.1. The molecule has 0 atom stereocenters. The number of benzene rings is 1. The number of hydrogen-bond donors (Lipinski definition) is 0. The summed E-state index contributed by atoms with van der Waals surface area (Å²) in [5.41, 5.74) is 3.06. The van der Waals surface area contributed by atoms with Crippen molar-refractivity contribution in [1.29, 1.82) is 0 Å². The van der Waals surface area contributed by atoms with Crippen molar-refractivity contribution in [1.82, 2.24) is 0 Å². The summed E-state index contributed by atoms with van der Waals surface area (Å²) < 4.78 is 3.36. The van der Waals surface area contributed by atoms with Crippen molar-refractivity contribution in [3.8, 4) is 0 Å². The first-order chi connectivity index (χ1) is 6.05. The molecular weight excluding hydrogens is 217 g/mol. The summed E-state index contributed by atoms with van der Waals surface area (Å²) in [6.07, 6.45) is 0. The van der Waals surface area contributed by atoms with Gasteiger partial charge >= 0.3 is 82.8 Å². The zero-order chi connectivity index (χ0) is 9.64. The van der Waals surface area contributed by atoms with Crippen LogP contribution in [0.3, 0.4) is 0 Å². The van der Waals surface area contributed by atoms with Crippen LogP contribution in [0.15, 0.2) is 28.7 Å². The summed E-state index contributed by atoms with van der Waals surface area (Å²) in [6, 6.07) is 8.93. The molecule has 0 nitrogen and oxygen atoms in total. The summed E-state index contributed by atoms with van der Waals surface area (Å²) >= 11 is -1.77. The Labute approximate surface area is 83.0 Å². The van der Waals surface area contributed by atoms with Crippen LogP contribution >= 0.6 is 0 Å². The van der Waals surface area contributed by atoms with E-state index in [2.05, 4.69) is 49.6 Å². The molecule has 13 heavy (non-hydrogen) atoms. The second-order valence-corrected chi connectivity index (χ2v) is 13.9. The van der Waals surface area contributed by atoms with E-state index in [9.17, 15) is 0 Å². The van der Waals surface area contributed by atoms with E-state index in [-0.39, 0.29) is 0 Å². The van der Waals surface area contributed by atoms with Gasteiger partial charge in [0.2, 0.25) is 0 Å². The molecule has 1 aliphatic rings. The van der Waals surface area contributed by atoms with E-state index in [0.29, 0.717) is 0 Å². The molecule has 0 radical (unpaired) electrons. The molecule has 0 saturated carbocycles. The fourth-order valence-corrected chi connectivity index (χ4v) is 8.38. The Morgan fingerprint density at radius 3 is 2.23 bits per heavy atom. The predicted molar refractivity (Wildman–Crippen MR) is 61.8 cm³/mol. The van der Waals surface area contributed by atoms with E-state index in [0.717, 1.165) is 0 Å². The fourth-order valence-electron chi connectivity index (χ4n) is 2.23. The SMILES string of the molecule is CC1=[C](C)[Ge]([CH3])([CH3])[c]2ccccc21. The van der Waals surface area contributed by atoms with Crippen LogP contribution in [0.25, 0.3) is 5.57 Å². The first-order valence-electron chi connectivity index (χ1n) is 4.83. The van der Waals surface area contributed by atoms with Gasteiger partial charge in [-0.25, -0.2) is 0 Å². The Hall–Kier alpha value is -0.497. The van der Waals surface area contributed by atoms with Crippen LogP contribution in [0.2, 0.25) is 11.5 Å². The number of hydrogen-bond acceptors (Lipinski definition) is 0. The monoisotopic (exact) mass is 234 g/mol. The summed E-state index contributed by atoms with van der Waals surface area (Å²) in [6.45, 7) is 4.60. The molecular formula is C12H16Ge. The molecule has 1 heteroatoms. The van der Waals surface area contributed by atoms with Crippen molar-refractivity contribution in [3.05, 3.63) is 34.2 Å². The van der Waals surface area contributed by atoms with Crippen LogP contribution in [0.4, 0.5) is 0 Å². The molecule has 0 aromatic heterocycles. The van der Waals surface area contributed by atoms with Gasteiger partial charge < -0.3 is 0 Å². The van der Waals surface area contributed by atoms with Gasteiger partial charge in [0.15, 0.2) is 0 Å². The van der Waals surface area contributed by atoms with E-state index in [4.69, 9.17) is 0 Å². The molecule has 1 aliphatic heterocycles. The maximum atomic E-state index is 2.49. The second kappa shape index (κ2) is 2.74. The van der Waals surface area contributed by atoms with Crippen LogP contribution in [-0.4, -0.2) is 13.3 Å². The van der Waals surface area contributed by atoms with Gasteiger partial charge in [-0.05, 0) is 0 Å². The van der Waals surface area contributed by atoms with Crippen molar-refractivity contribution >= 4 is 23.2 Å². The standard InChI is InChI=1S/C12H16Ge/c1-9-10(2)13(3,4)12-8-6-5-7-11(9)12/h5-8H,1-4H3. The van der Waals surface area contributed by atoms with E-state index < -0.39 is 13.3 Å². The fraction of sp³-hybridized carbons (Fsp3) is 0.333. The molecule has 1 aromatic carbocycles. The van der Waals surface area contributed by atoms with Crippen molar-refractivity contribution < 1.29 is 0 Å². The molecule has 0 spiro atoms. The number of rotatable bonds is 0. The molecule has 68 valence electrons. The van der Waals surface area contributed by atoms with Crippen LogP contribution in [0.1, 0.15) is 19.4 Å². The Bertz CT molecular complexity index is 386. The van der Waals surface area contributed by atoms with Crippen LogP contribution < -0.4 is 4.40 Å². The number of fused-ring (bicyclic) bond motifs is 1. The summed E-state index contributed by atoms with van der Waals surface area (Å²) in [7, 11) is 0. The van der Waals surface area contributed by atoms with Crippen molar-refractivity contribution in [3.63, 3.8) is 0 Å². The zero-order valence-electron chi connectivity index (χ0n) is 8.81. The number of allylic oxidation sites excluding steroid dienone is 2. The minimum absolute atomic E-state index is 1.52. The van der Waals surface area contributed by atoms with Gasteiger partial charge in [0.1, 0.15) is 0 Å². The molecule has 1 heterocycles. The molecule has 0 aliphatic carbocycles. The van der Waals surface area contributed by atoms with Crippen molar-refractivity contribution in [2.45, 2.75) is 25.4 Å². The Balaban J connectivity index is 2.74. The van der Waals surface area contributed by atoms with Crippen LogP contribution in [0.5, 0.6) is 0 Å². The first kappa shape index (κ1) is 9.07. The average Bonchev–Trinajstić information content (AvgIpc) is 2.30. The summed E-state index contributed by atoms with van der Waals surface area (Å²) in [5.74, 6) is 4.98. The molecule has 0 saturated heterocycles. The third kappa shape index (κ3) is 1.12. The van der Waals surface area contributed by atoms with Gasteiger partial charge in [0.05, 0.1) is 0 Å². The van der Waals surface area contributed by atoms with E-state index in [1.54, 1.807) is 14.4 Å². The molecule has 1 aromatic rings. The van der Waals surface area contributed by atoms with Crippen LogP contribution in [-0.2, 0) is 0 Å². The van der Waals surface area contributed by atoms with Gasteiger partial charge in [-0.3, -0.25) is 0 Å². The molecule has 2 rings (SSSR count). The predicted octanol–water partition coefficient (Wildman–Crippen LogP) is 2.95. The van der Waals surface area contributed by atoms with Gasteiger partial charge in [0, 0.05) is 0 Å². The van der Waals surface area contributed by atoms with Crippen LogP contribution in [0, 0.1) is 0 Å². The molecule has 0 bridgehead atoms. The van der Waals surface area contributed by atoms with Gasteiger partial charge in [0.25, 0.3) is 0 Å². The minimum atomic E-state index is -1.77. The Kier molecular flexibility index (Phi) is 1.92. The van der Waals surface area contributed by atoms with Gasteiger partial charge in [-0.1, -0.05) is 0 Å². The molecule has 0 unspecified atom stereocenters. The average molecular weight is 233 g/mol. The van der Waals surface area contributed by atoms with Gasteiger partial charge in [-0.15, -0.1) is 0 Å². The van der Waals surface area contributed by atoms with Crippen molar-refractivity contribution in [2.24, 2.45) is 0 Å². The Morgan fingerprint density at radius 2 is 1.62 bits per heavy atom. The second-order valence-electron chi connectivity index (χ2n) is 4.42. The van der Waals surface area contributed by atoms with Gasteiger partial charge in [-0.2, -0.15) is 0 Å². The van der Waals surface area contributed by atoms with Crippen molar-refractivity contribution in [2.75, 3.05) is 0 Å². The third-order valence-electron chi connectivity index (χ3n) is 3.50. The maximum absolute atomic E-state index is 2.49. The normalized spacial score (nSPS) is 19.1. The topological polar surface area (TPSA) is 0 Å². The quantitative estimate of drug-likeness (QED) is 0.604. The summed E-state index contributed by atoms with van der Waals surface area (Å²) in [5, 5.41) is 0. The molecule has 0 fully saturated rings. The third-order valence-corrected chi connectivity index (χ3v) is 12.0. The van der Waals surface area contributed by atoms with E-state index in [1.807, 2.05) is 0 Å². The Morgan fingerprint density at radius 1 is 1.00 bits per heavy atom. The molecule has 0 N–H and O–H groups in total.